The van der Waals surface area contributed by atoms with Crippen molar-refractivity contribution in [3.8, 4) is 11.5 Å². The van der Waals surface area contributed by atoms with Gasteiger partial charge in [0, 0.05) is 12.2 Å². The van der Waals surface area contributed by atoms with Gasteiger partial charge in [0.1, 0.15) is 0 Å². The van der Waals surface area contributed by atoms with Crippen molar-refractivity contribution in [3.05, 3.63) is 52.5 Å². The minimum atomic E-state index is 0.553. The lowest BCUT2D eigenvalue weighted by Crippen LogP contribution is -2.02. The zero-order valence-corrected chi connectivity index (χ0v) is 13.3. The molecular weight excluding hydrogens is 286 g/mol. The molecule has 0 heterocycles. The topological polar surface area (TPSA) is 30.5 Å². The molecule has 4 heteroatoms. The molecule has 0 aliphatic heterocycles. The maximum absolute atomic E-state index is 6.27. The lowest BCUT2D eigenvalue weighted by Gasteiger charge is -2.14. The van der Waals surface area contributed by atoms with E-state index in [4.69, 9.17) is 21.1 Å². The first-order valence-electron chi connectivity index (χ1n) is 6.93. The van der Waals surface area contributed by atoms with E-state index in [9.17, 15) is 0 Å². The molecule has 0 bridgehead atoms. The van der Waals surface area contributed by atoms with Crippen molar-refractivity contribution in [1.29, 1.82) is 0 Å². The van der Waals surface area contributed by atoms with Crippen LogP contribution in [0.2, 0.25) is 5.02 Å². The van der Waals surface area contributed by atoms with Crippen LogP contribution in [0.15, 0.2) is 36.4 Å². The van der Waals surface area contributed by atoms with Crippen molar-refractivity contribution >= 4 is 17.3 Å². The van der Waals surface area contributed by atoms with Crippen molar-refractivity contribution in [2.45, 2.75) is 20.4 Å². The van der Waals surface area contributed by atoms with Gasteiger partial charge in [-0.3, -0.25) is 0 Å². The molecule has 0 spiro atoms. The fraction of sp³-hybridized carbons (Fsp3) is 0.294. The molecule has 2 aromatic carbocycles. The molecule has 0 saturated heterocycles. The van der Waals surface area contributed by atoms with Gasteiger partial charge in [-0.05, 0) is 49.2 Å². The van der Waals surface area contributed by atoms with E-state index in [-0.39, 0.29) is 0 Å². The summed E-state index contributed by atoms with van der Waals surface area (Å²) in [6.07, 6.45) is 0. The minimum absolute atomic E-state index is 0.553. The van der Waals surface area contributed by atoms with Gasteiger partial charge in [-0.2, -0.15) is 0 Å². The maximum Gasteiger partial charge on any atom is 0.179 e. The van der Waals surface area contributed by atoms with E-state index in [2.05, 4.69) is 24.4 Å². The van der Waals surface area contributed by atoms with Gasteiger partial charge in [0.05, 0.1) is 18.7 Å². The number of methoxy groups -OCH3 is 1. The van der Waals surface area contributed by atoms with Crippen molar-refractivity contribution in [2.24, 2.45) is 0 Å². The van der Waals surface area contributed by atoms with Crippen molar-refractivity contribution in [1.82, 2.24) is 0 Å². The highest BCUT2D eigenvalue weighted by atomic mass is 35.5. The quantitative estimate of drug-likeness (QED) is 0.841. The summed E-state index contributed by atoms with van der Waals surface area (Å²) >= 11 is 6.27. The molecule has 112 valence electrons. The highest BCUT2D eigenvalue weighted by Crippen LogP contribution is 2.36. The Bertz CT molecular complexity index is 614. The second-order valence-corrected chi connectivity index (χ2v) is 5.17. The van der Waals surface area contributed by atoms with E-state index < -0.39 is 0 Å². The SMILES string of the molecule is CCOc1c(Cl)cc(CNc2cccc(C)c2)cc1OC. The molecule has 0 aromatic heterocycles. The summed E-state index contributed by atoms with van der Waals surface area (Å²) in [6, 6.07) is 12.1. The first kappa shape index (κ1) is 15.5. The third-order valence-electron chi connectivity index (χ3n) is 3.09. The number of benzene rings is 2. The van der Waals surface area contributed by atoms with Gasteiger partial charge in [0.25, 0.3) is 0 Å². The summed E-state index contributed by atoms with van der Waals surface area (Å²) in [7, 11) is 1.62. The number of ether oxygens (including phenoxy) is 2. The van der Waals surface area contributed by atoms with Gasteiger partial charge in [0.15, 0.2) is 11.5 Å². The molecule has 0 fully saturated rings. The van der Waals surface area contributed by atoms with Crippen LogP contribution in [0.3, 0.4) is 0 Å². The van der Waals surface area contributed by atoms with E-state index in [1.165, 1.54) is 5.56 Å². The Labute approximate surface area is 130 Å². The molecule has 0 aliphatic rings. The van der Waals surface area contributed by atoms with Crippen LogP contribution >= 0.6 is 11.6 Å². The fourth-order valence-electron chi connectivity index (χ4n) is 2.12. The number of rotatable bonds is 6. The molecule has 0 saturated carbocycles. The number of nitrogens with one attached hydrogen (secondary N) is 1. The van der Waals surface area contributed by atoms with Crippen LogP contribution in [0.4, 0.5) is 5.69 Å². The van der Waals surface area contributed by atoms with Crippen LogP contribution < -0.4 is 14.8 Å². The Hall–Kier alpha value is -1.87. The van der Waals surface area contributed by atoms with Gasteiger partial charge in [-0.1, -0.05) is 23.7 Å². The van der Waals surface area contributed by atoms with Crippen LogP contribution in [-0.2, 0) is 6.54 Å². The van der Waals surface area contributed by atoms with Crippen molar-refractivity contribution in [3.63, 3.8) is 0 Å². The summed E-state index contributed by atoms with van der Waals surface area (Å²) in [5.74, 6) is 1.26. The normalized spacial score (nSPS) is 10.3. The molecule has 21 heavy (non-hydrogen) atoms. The number of halogens is 1. The molecule has 0 aliphatic carbocycles. The van der Waals surface area contributed by atoms with Crippen LogP contribution in [0, 0.1) is 6.92 Å². The summed E-state index contributed by atoms with van der Waals surface area (Å²) in [6.45, 7) is 5.22. The average molecular weight is 306 g/mol. The van der Waals surface area contributed by atoms with Crippen molar-refractivity contribution in [2.75, 3.05) is 19.0 Å². The van der Waals surface area contributed by atoms with E-state index in [0.717, 1.165) is 11.3 Å². The van der Waals surface area contributed by atoms with E-state index in [1.54, 1.807) is 7.11 Å². The van der Waals surface area contributed by atoms with E-state index in [0.29, 0.717) is 29.7 Å². The first-order valence-corrected chi connectivity index (χ1v) is 7.31. The van der Waals surface area contributed by atoms with Gasteiger partial charge in [-0.25, -0.2) is 0 Å². The lowest BCUT2D eigenvalue weighted by atomic mass is 10.1. The van der Waals surface area contributed by atoms with Crippen LogP contribution in [0.5, 0.6) is 11.5 Å². The summed E-state index contributed by atoms with van der Waals surface area (Å²) in [5.41, 5.74) is 3.35. The first-order chi connectivity index (χ1) is 10.1. The predicted molar refractivity (Wildman–Crippen MR) is 87.7 cm³/mol. The van der Waals surface area contributed by atoms with Gasteiger partial charge in [-0.15, -0.1) is 0 Å². The van der Waals surface area contributed by atoms with Gasteiger partial charge < -0.3 is 14.8 Å². The second kappa shape index (κ2) is 7.23. The lowest BCUT2D eigenvalue weighted by molar-refractivity contribution is 0.311. The standard InChI is InChI=1S/C17H20ClNO2/c1-4-21-17-15(18)9-13(10-16(17)20-3)11-19-14-7-5-6-12(2)8-14/h5-10,19H,4,11H2,1-3H3. The van der Waals surface area contributed by atoms with E-state index >= 15 is 0 Å². The second-order valence-electron chi connectivity index (χ2n) is 4.77. The molecule has 0 atom stereocenters. The molecule has 0 unspecified atom stereocenters. The largest absolute Gasteiger partial charge is 0.493 e. The molecular formula is C17H20ClNO2. The molecule has 3 nitrogen and oxygen atoms in total. The maximum atomic E-state index is 6.27. The summed E-state index contributed by atoms with van der Waals surface area (Å²) in [5, 5.41) is 3.94. The summed E-state index contributed by atoms with van der Waals surface area (Å²) in [4.78, 5) is 0. The van der Waals surface area contributed by atoms with Gasteiger partial charge >= 0.3 is 0 Å². The van der Waals surface area contributed by atoms with E-state index in [1.807, 2.05) is 31.2 Å². The molecule has 2 aromatic rings. The zero-order valence-electron chi connectivity index (χ0n) is 12.6. The monoisotopic (exact) mass is 305 g/mol. The third-order valence-corrected chi connectivity index (χ3v) is 3.37. The third kappa shape index (κ3) is 4.05. The predicted octanol–water partition coefficient (Wildman–Crippen LogP) is 4.67. The Kier molecular flexibility index (Phi) is 5.34. The van der Waals surface area contributed by atoms with Crippen LogP contribution in [0.1, 0.15) is 18.1 Å². The number of hydrogen-bond donors (Lipinski definition) is 1. The number of hydrogen-bond acceptors (Lipinski definition) is 3. The highest BCUT2D eigenvalue weighted by Gasteiger charge is 2.11. The average Bonchev–Trinajstić information content (AvgIpc) is 2.47. The Morgan fingerprint density at radius 3 is 2.67 bits per heavy atom. The summed E-state index contributed by atoms with van der Waals surface area (Å²) < 4.78 is 10.9. The number of anilines is 1. The highest BCUT2D eigenvalue weighted by molar-refractivity contribution is 6.32. The van der Waals surface area contributed by atoms with Crippen molar-refractivity contribution < 1.29 is 9.47 Å². The molecule has 0 radical (unpaired) electrons. The minimum Gasteiger partial charge on any atom is -0.493 e. The van der Waals surface area contributed by atoms with Crippen LogP contribution in [0.25, 0.3) is 0 Å². The number of aryl methyl sites for hydroxylation is 1. The Balaban J connectivity index is 2.15. The zero-order chi connectivity index (χ0) is 15.2. The molecule has 2 rings (SSSR count). The Morgan fingerprint density at radius 2 is 2.00 bits per heavy atom. The van der Waals surface area contributed by atoms with Crippen LogP contribution in [-0.4, -0.2) is 13.7 Å². The fourth-order valence-corrected chi connectivity index (χ4v) is 2.41. The smallest absolute Gasteiger partial charge is 0.179 e. The van der Waals surface area contributed by atoms with Gasteiger partial charge in [0.2, 0.25) is 0 Å². The Morgan fingerprint density at radius 1 is 1.19 bits per heavy atom. The molecule has 0 amide bonds. The molecule has 1 N–H and O–H groups in total.